The molecule has 2 aromatic carbocycles. The first-order valence-electron chi connectivity index (χ1n) is 8.60. The maximum absolute atomic E-state index is 13.9. The van der Waals surface area contributed by atoms with Gasteiger partial charge < -0.3 is 9.47 Å². The van der Waals surface area contributed by atoms with Crippen molar-refractivity contribution in [2.24, 2.45) is 0 Å². The molecule has 0 aliphatic rings. The number of nitrogens with zero attached hydrogens (tertiary/aromatic N) is 2. The smallest absolute Gasteiger partial charge is 0.284 e. The van der Waals surface area contributed by atoms with Gasteiger partial charge in [-0.05, 0) is 49.4 Å². The summed E-state index contributed by atoms with van der Waals surface area (Å²) >= 11 is 6.98. The van der Waals surface area contributed by atoms with Gasteiger partial charge in [-0.3, -0.25) is 9.63 Å². The molecule has 0 aliphatic heterocycles. The number of hydroxylamine groups is 1. The first-order chi connectivity index (χ1) is 14.4. The Kier molecular flexibility index (Phi) is 7.19. The molecule has 1 N–H and O–H groups in total. The third-order valence-corrected chi connectivity index (χ3v) is 4.80. The van der Waals surface area contributed by atoms with E-state index in [2.05, 4.69) is 10.5 Å². The summed E-state index contributed by atoms with van der Waals surface area (Å²) in [7, 11) is 0. The molecule has 0 fully saturated rings. The molecule has 1 heterocycles. The summed E-state index contributed by atoms with van der Waals surface area (Å²) in [6.07, 6.45) is 0.740. The number of carbonyl (C=O) groups is 1. The number of nitriles is 1. The Morgan fingerprint density at radius 2 is 2.03 bits per heavy atom. The highest BCUT2D eigenvalue weighted by molar-refractivity contribution is 7.15. The van der Waals surface area contributed by atoms with E-state index in [-0.39, 0.29) is 17.9 Å². The minimum absolute atomic E-state index is 0.00482. The highest BCUT2D eigenvalue weighted by Crippen LogP contribution is 2.27. The van der Waals surface area contributed by atoms with Crippen LogP contribution in [0.15, 0.2) is 48.7 Å². The lowest BCUT2D eigenvalue weighted by Crippen LogP contribution is -2.36. The van der Waals surface area contributed by atoms with E-state index < -0.39 is 17.8 Å². The summed E-state index contributed by atoms with van der Waals surface area (Å²) in [4.78, 5) is 21.8. The fourth-order valence-electron chi connectivity index (χ4n) is 2.24. The van der Waals surface area contributed by atoms with Crippen molar-refractivity contribution in [2.45, 2.75) is 19.6 Å². The van der Waals surface area contributed by atoms with Crippen LogP contribution in [0.2, 0.25) is 4.47 Å². The predicted molar refractivity (Wildman–Crippen MR) is 108 cm³/mol. The molecule has 3 rings (SSSR count). The quantitative estimate of drug-likeness (QED) is 0.506. The van der Waals surface area contributed by atoms with Gasteiger partial charge in [0.2, 0.25) is 0 Å². The van der Waals surface area contributed by atoms with Crippen molar-refractivity contribution in [3.05, 3.63) is 69.4 Å². The Bertz CT molecular complexity index is 1070. The zero-order valence-electron chi connectivity index (χ0n) is 15.6. The Hall–Kier alpha value is -3.19. The molecule has 3 aromatic rings. The zero-order valence-corrected chi connectivity index (χ0v) is 17.2. The number of nitrogens with one attached hydrogen (secondary N) is 1. The third kappa shape index (κ3) is 5.90. The molecule has 154 valence electrons. The van der Waals surface area contributed by atoms with Crippen LogP contribution in [-0.4, -0.2) is 17.0 Å². The van der Waals surface area contributed by atoms with Gasteiger partial charge in [-0.15, -0.1) is 11.3 Å². The number of carbonyl (C=O) groups excluding carboxylic acids is 1. The van der Waals surface area contributed by atoms with Gasteiger partial charge in [-0.2, -0.15) is 5.26 Å². The highest BCUT2D eigenvalue weighted by atomic mass is 35.5. The minimum Gasteiger partial charge on any atom is -0.481 e. The summed E-state index contributed by atoms with van der Waals surface area (Å²) < 4.78 is 25.3. The Morgan fingerprint density at radius 1 is 1.30 bits per heavy atom. The van der Waals surface area contributed by atoms with Crippen molar-refractivity contribution >= 4 is 28.8 Å². The maximum Gasteiger partial charge on any atom is 0.284 e. The van der Waals surface area contributed by atoms with Crippen LogP contribution in [0.5, 0.6) is 17.2 Å². The Labute approximate surface area is 180 Å². The van der Waals surface area contributed by atoms with Gasteiger partial charge in [0, 0.05) is 6.20 Å². The monoisotopic (exact) mass is 447 g/mol. The van der Waals surface area contributed by atoms with Crippen molar-refractivity contribution in [1.82, 2.24) is 10.5 Å². The molecular weight excluding hydrogens is 433 g/mol. The van der Waals surface area contributed by atoms with Crippen molar-refractivity contribution in [2.75, 3.05) is 0 Å². The lowest BCUT2D eigenvalue weighted by Gasteiger charge is -2.15. The van der Waals surface area contributed by atoms with E-state index in [1.165, 1.54) is 23.5 Å². The number of benzene rings is 2. The van der Waals surface area contributed by atoms with Crippen LogP contribution in [0.4, 0.5) is 4.39 Å². The van der Waals surface area contributed by atoms with Crippen LogP contribution in [0.25, 0.3) is 0 Å². The maximum atomic E-state index is 13.9. The number of aromatic nitrogens is 1. The number of rotatable bonds is 8. The summed E-state index contributed by atoms with van der Waals surface area (Å²) in [5.74, 6) is -0.324. The van der Waals surface area contributed by atoms with Gasteiger partial charge in [0.05, 0.1) is 16.5 Å². The number of halogens is 2. The summed E-state index contributed by atoms with van der Waals surface area (Å²) in [6.45, 7) is 1.71. The highest BCUT2D eigenvalue weighted by Gasteiger charge is 2.15. The zero-order chi connectivity index (χ0) is 21.5. The Balaban J connectivity index is 1.49. The summed E-state index contributed by atoms with van der Waals surface area (Å²) in [5, 5.41) is 8.77. The second kappa shape index (κ2) is 10.0. The first kappa shape index (κ1) is 21.5. The number of hydrogen-bond donors (Lipinski definition) is 1. The van der Waals surface area contributed by atoms with Gasteiger partial charge in [-0.1, -0.05) is 11.6 Å². The van der Waals surface area contributed by atoms with Crippen LogP contribution in [0.1, 0.15) is 17.4 Å². The van der Waals surface area contributed by atoms with E-state index in [0.717, 1.165) is 10.9 Å². The molecule has 10 heteroatoms. The summed E-state index contributed by atoms with van der Waals surface area (Å²) in [5.41, 5.74) is 2.51. The molecule has 1 amide bonds. The molecule has 0 bridgehead atoms. The van der Waals surface area contributed by atoms with E-state index in [1.54, 1.807) is 37.4 Å². The number of hydrogen-bond acceptors (Lipinski definition) is 7. The standard InChI is InChI=1S/C20H15ClFN3O4S/c1-12(19(26)25-27-11-16-10-24-20(21)30-16)28-14-3-5-15(6-4-14)29-18-7-2-13(9-23)8-17(18)22/h2-8,10,12H,11H2,1H3,(H,25,26). The Morgan fingerprint density at radius 3 is 2.67 bits per heavy atom. The molecule has 0 saturated carbocycles. The fraction of sp³-hybridized carbons (Fsp3) is 0.150. The summed E-state index contributed by atoms with van der Waals surface area (Å²) in [6, 6.07) is 12.1. The van der Waals surface area contributed by atoms with Crippen LogP contribution >= 0.6 is 22.9 Å². The number of thiazole rings is 1. The van der Waals surface area contributed by atoms with E-state index in [1.807, 2.05) is 6.07 Å². The van der Waals surface area contributed by atoms with Gasteiger partial charge in [-0.25, -0.2) is 14.9 Å². The molecular formula is C20H15ClFN3O4S. The van der Waals surface area contributed by atoms with Crippen molar-refractivity contribution in [1.29, 1.82) is 5.26 Å². The first-order valence-corrected chi connectivity index (χ1v) is 9.80. The second-order valence-electron chi connectivity index (χ2n) is 5.93. The second-order valence-corrected chi connectivity index (χ2v) is 7.62. The molecule has 0 radical (unpaired) electrons. The van der Waals surface area contributed by atoms with E-state index in [9.17, 15) is 9.18 Å². The molecule has 1 aromatic heterocycles. The lowest BCUT2D eigenvalue weighted by atomic mass is 10.2. The molecule has 0 saturated heterocycles. The van der Waals surface area contributed by atoms with Crippen molar-refractivity contribution < 1.29 is 23.5 Å². The van der Waals surface area contributed by atoms with Crippen LogP contribution in [-0.2, 0) is 16.2 Å². The normalized spacial score (nSPS) is 11.4. The van der Waals surface area contributed by atoms with Crippen molar-refractivity contribution in [3.8, 4) is 23.3 Å². The average Bonchev–Trinajstić information content (AvgIpc) is 3.15. The van der Waals surface area contributed by atoms with E-state index in [4.69, 9.17) is 31.2 Å². The van der Waals surface area contributed by atoms with Gasteiger partial charge in [0.15, 0.2) is 22.1 Å². The largest absolute Gasteiger partial charge is 0.481 e. The van der Waals surface area contributed by atoms with Gasteiger partial charge in [0.25, 0.3) is 5.91 Å². The number of ether oxygens (including phenoxy) is 2. The molecule has 0 spiro atoms. The topological polar surface area (TPSA) is 93.5 Å². The molecule has 7 nitrogen and oxygen atoms in total. The molecule has 1 atom stereocenters. The van der Waals surface area contributed by atoms with E-state index in [0.29, 0.717) is 16.0 Å². The van der Waals surface area contributed by atoms with Gasteiger partial charge in [0.1, 0.15) is 18.1 Å². The lowest BCUT2D eigenvalue weighted by molar-refractivity contribution is -0.141. The molecule has 0 aliphatic carbocycles. The third-order valence-electron chi connectivity index (χ3n) is 3.71. The van der Waals surface area contributed by atoms with Crippen LogP contribution in [0.3, 0.4) is 0 Å². The van der Waals surface area contributed by atoms with E-state index >= 15 is 0 Å². The van der Waals surface area contributed by atoms with Crippen molar-refractivity contribution in [3.63, 3.8) is 0 Å². The fourth-order valence-corrected chi connectivity index (χ4v) is 3.13. The van der Waals surface area contributed by atoms with Gasteiger partial charge >= 0.3 is 0 Å². The average molecular weight is 448 g/mol. The molecule has 30 heavy (non-hydrogen) atoms. The molecule has 1 unspecified atom stereocenters. The SMILES string of the molecule is CC(Oc1ccc(Oc2ccc(C#N)cc2F)cc1)C(=O)NOCc1cnc(Cl)s1. The number of amides is 1. The minimum atomic E-state index is -0.821. The van der Waals surface area contributed by atoms with Crippen LogP contribution in [0, 0.1) is 17.1 Å². The predicted octanol–water partition coefficient (Wildman–Crippen LogP) is 4.61. The van der Waals surface area contributed by atoms with Crippen LogP contribution < -0.4 is 15.0 Å².